The molecule has 0 radical (unpaired) electrons. The van der Waals surface area contributed by atoms with Gasteiger partial charge in [0.15, 0.2) is 6.29 Å². The second kappa shape index (κ2) is 14.2. The molecule has 0 heterocycles. The van der Waals surface area contributed by atoms with E-state index in [1.807, 2.05) is 0 Å². The van der Waals surface area contributed by atoms with Crippen molar-refractivity contribution in [2.24, 2.45) is 0 Å². The van der Waals surface area contributed by atoms with Crippen LogP contribution in [0.5, 0.6) is 0 Å². The Labute approximate surface area is 138 Å². The molecule has 0 rings (SSSR count). The third-order valence-electron chi connectivity index (χ3n) is 4.11. The van der Waals surface area contributed by atoms with Gasteiger partial charge in [0.2, 0.25) is 0 Å². The smallest absolute Gasteiger partial charge is 0.150 e. The molecule has 3 heteroatoms. The molecule has 0 aromatic carbocycles. The third-order valence-corrected chi connectivity index (χ3v) is 4.11. The Morgan fingerprint density at radius 2 is 1.45 bits per heavy atom. The average Bonchev–Trinajstić information content (AvgIpc) is 2.48. The Morgan fingerprint density at radius 1 is 0.909 bits per heavy atom. The lowest BCUT2D eigenvalue weighted by atomic mass is 10.0. The predicted molar refractivity (Wildman–Crippen MR) is 94.9 cm³/mol. The molecular weight excluding hydrogens is 274 g/mol. The molecule has 0 saturated carbocycles. The third kappa shape index (κ3) is 13.3. The van der Waals surface area contributed by atoms with Crippen molar-refractivity contribution in [3.05, 3.63) is 0 Å². The Kier molecular flexibility index (Phi) is 13.9. The van der Waals surface area contributed by atoms with Gasteiger partial charge in [0.1, 0.15) is 6.10 Å². The quantitative estimate of drug-likeness (QED) is 0.230. The lowest BCUT2D eigenvalue weighted by molar-refractivity contribution is -0.129. The summed E-state index contributed by atoms with van der Waals surface area (Å²) >= 11 is 0. The van der Waals surface area contributed by atoms with Crippen LogP contribution >= 0.6 is 0 Å². The number of aldehydes is 1. The van der Waals surface area contributed by atoms with Gasteiger partial charge in [-0.05, 0) is 26.7 Å². The molecule has 22 heavy (non-hydrogen) atoms. The molecule has 1 N–H and O–H groups in total. The van der Waals surface area contributed by atoms with E-state index in [-0.39, 0.29) is 11.6 Å². The first-order valence-corrected chi connectivity index (χ1v) is 9.43. The zero-order valence-electron chi connectivity index (χ0n) is 15.5. The average molecular weight is 314 g/mol. The van der Waals surface area contributed by atoms with Gasteiger partial charge in [-0.2, -0.15) is 5.48 Å². The van der Waals surface area contributed by atoms with E-state index in [0.717, 1.165) is 32.0 Å². The molecule has 0 aliphatic heterocycles. The van der Waals surface area contributed by atoms with Gasteiger partial charge in [0, 0.05) is 5.54 Å². The number of hydrogen-bond acceptors (Lipinski definition) is 3. The summed E-state index contributed by atoms with van der Waals surface area (Å²) in [6.07, 6.45) is 15.3. The summed E-state index contributed by atoms with van der Waals surface area (Å²) in [7, 11) is 0. The van der Waals surface area contributed by atoms with Crippen LogP contribution in [-0.2, 0) is 9.63 Å². The highest BCUT2D eigenvalue weighted by Gasteiger charge is 2.18. The summed E-state index contributed by atoms with van der Waals surface area (Å²) in [4.78, 5) is 16.6. The van der Waals surface area contributed by atoms with Crippen LogP contribution in [0.4, 0.5) is 0 Å². The van der Waals surface area contributed by atoms with Gasteiger partial charge >= 0.3 is 0 Å². The molecule has 3 nitrogen and oxygen atoms in total. The molecular formula is C19H39NO2. The molecule has 0 aromatic rings. The summed E-state index contributed by atoms with van der Waals surface area (Å²) in [6.45, 7) is 8.63. The maximum atomic E-state index is 11.1. The van der Waals surface area contributed by atoms with E-state index in [4.69, 9.17) is 4.84 Å². The number of carbonyl (C=O) groups excluding carboxylic acids is 1. The lowest BCUT2D eigenvalue weighted by Crippen LogP contribution is -2.41. The van der Waals surface area contributed by atoms with E-state index in [9.17, 15) is 4.79 Å². The van der Waals surface area contributed by atoms with Crippen LogP contribution in [0.3, 0.4) is 0 Å². The number of hydrogen-bond donors (Lipinski definition) is 1. The van der Waals surface area contributed by atoms with Crippen LogP contribution in [0.15, 0.2) is 0 Å². The van der Waals surface area contributed by atoms with Gasteiger partial charge in [-0.3, -0.25) is 4.84 Å². The van der Waals surface area contributed by atoms with Gasteiger partial charge in [0.05, 0.1) is 0 Å². The Hall–Kier alpha value is -0.410. The largest absolute Gasteiger partial charge is 0.300 e. The van der Waals surface area contributed by atoms with E-state index in [0.29, 0.717) is 0 Å². The van der Waals surface area contributed by atoms with Crippen LogP contribution in [0.1, 0.15) is 105 Å². The first-order valence-electron chi connectivity index (χ1n) is 9.43. The summed E-state index contributed by atoms with van der Waals surface area (Å²) < 4.78 is 0. The number of nitrogens with one attached hydrogen (secondary N) is 1. The van der Waals surface area contributed by atoms with Crippen molar-refractivity contribution in [3.63, 3.8) is 0 Å². The standard InChI is InChI=1S/C19H39NO2/c1-5-7-8-9-10-11-12-13-14-15-18(17-21)22-20-19(3,4)16-6-2/h17-18,20H,5-16H2,1-4H3. The zero-order valence-corrected chi connectivity index (χ0v) is 15.5. The molecule has 0 saturated heterocycles. The predicted octanol–water partition coefficient (Wildman–Crippen LogP) is 5.57. The fourth-order valence-corrected chi connectivity index (χ4v) is 2.72. The molecule has 0 aliphatic rings. The Morgan fingerprint density at radius 3 is 1.95 bits per heavy atom. The topological polar surface area (TPSA) is 38.3 Å². The fraction of sp³-hybridized carbons (Fsp3) is 0.947. The minimum absolute atomic E-state index is 0.0610. The van der Waals surface area contributed by atoms with Crippen LogP contribution in [0, 0.1) is 0 Å². The summed E-state index contributed by atoms with van der Waals surface area (Å²) in [6, 6.07) is 0. The van der Waals surface area contributed by atoms with Gasteiger partial charge < -0.3 is 4.79 Å². The van der Waals surface area contributed by atoms with Crippen molar-refractivity contribution >= 4 is 6.29 Å². The van der Waals surface area contributed by atoms with Crippen molar-refractivity contribution in [2.45, 2.75) is 116 Å². The van der Waals surface area contributed by atoms with E-state index in [2.05, 4.69) is 33.2 Å². The number of rotatable bonds is 16. The van der Waals surface area contributed by atoms with Gasteiger partial charge in [0.25, 0.3) is 0 Å². The Balaban J connectivity index is 3.56. The number of carbonyl (C=O) groups is 1. The second-order valence-electron chi connectivity index (χ2n) is 7.15. The number of hydroxylamine groups is 1. The normalized spacial score (nSPS) is 13.3. The monoisotopic (exact) mass is 313 g/mol. The summed E-state index contributed by atoms with van der Waals surface area (Å²) in [5.41, 5.74) is 3.00. The van der Waals surface area contributed by atoms with Gasteiger partial charge in [-0.25, -0.2) is 0 Å². The van der Waals surface area contributed by atoms with Crippen molar-refractivity contribution in [3.8, 4) is 0 Å². The highest BCUT2D eigenvalue weighted by atomic mass is 16.7. The van der Waals surface area contributed by atoms with Crippen LogP contribution < -0.4 is 5.48 Å². The maximum absolute atomic E-state index is 11.1. The van der Waals surface area contributed by atoms with E-state index in [1.165, 1.54) is 51.4 Å². The molecule has 0 fully saturated rings. The van der Waals surface area contributed by atoms with Gasteiger partial charge in [-0.15, -0.1) is 0 Å². The molecule has 0 amide bonds. The van der Waals surface area contributed by atoms with E-state index < -0.39 is 0 Å². The first kappa shape index (κ1) is 21.6. The van der Waals surface area contributed by atoms with E-state index in [1.54, 1.807) is 0 Å². The summed E-state index contributed by atoms with van der Waals surface area (Å²) in [5, 5.41) is 0. The fourth-order valence-electron chi connectivity index (χ4n) is 2.72. The lowest BCUT2D eigenvalue weighted by Gasteiger charge is -2.26. The molecule has 0 aliphatic carbocycles. The molecule has 0 aromatic heterocycles. The van der Waals surface area contributed by atoms with Crippen LogP contribution in [-0.4, -0.2) is 17.9 Å². The Bertz CT molecular complexity index is 254. The van der Waals surface area contributed by atoms with Crippen molar-refractivity contribution < 1.29 is 9.63 Å². The second-order valence-corrected chi connectivity index (χ2v) is 7.15. The van der Waals surface area contributed by atoms with Gasteiger partial charge in [-0.1, -0.05) is 78.1 Å². The molecule has 1 atom stereocenters. The van der Waals surface area contributed by atoms with Crippen molar-refractivity contribution in [2.75, 3.05) is 0 Å². The van der Waals surface area contributed by atoms with E-state index >= 15 is 0 Å². The number of unbranched alkanes of at least 4 members (excludes halogenated alkanes) is 8. The van der Waals surface area contributed by atoms with Crippen molar-refractivity contribution in [1.82, 2.24) is 5.48 Å². The van der Waals surface area contributed by atoms with Crippen LogP contribution in [0.25, 0.3) is 0 Å². The SMILES string of the molecule is CCCCCCCCCCCC(C=O)ONC(C)(C)CCC. The summed E-state index contributed by atoms with van der Waals surface area (Å²) in [5.74, 6) is 0. The minimum atomic E-state index is -0.305. The molecule has 0 bridgehead atoms. The van der Waals surface area contributed by atoms with Crippen LogP contribution in [0.2, 0.25) is 0 Å². The zero-order chi connectivity index (χ0) is 16.7. The first-order chi connectivity index (χ1) is 10.6. The van der Waals surface area contributed by atoms with Crippen molar-refractivity contribution in [1.29, 1.82) is 0 Å². The molecule has 1 unspecified atom stereocenters. The molecule has 0 spiro atoms. The molecule has 132 valence electrons. The highest BCUT2D eigenvalue weighted by molar-refractivity contribution is 5.55. The maximum Gasteiger partial charge on any atom is 0.150 e. The minimum Gasteiger partial charge on any atom is -0.300 e. The highest BCUT2D eigenvalue weighted by Crippen LogP contribution is 2.14.